The number of amides is 1. The van der Waals surface area contributed by atoms with Gasteiger partial charge in [0.05, 0.1) is 6.54 Å². The Morgan fingerprint density at radius 2 is 1.90 bits per heavy atom. The van der Waals surface area contributed by atoms with Gasteiger partial charge in [0.25, 0.3) is 10.0 Å². The Morgan fingerprint density at radius 3 is 2.62 bits per heavy atom. The molecule has 9 heteroatoms. The molecule has 0 aliphatic carbocycles. The third-order valence-corrected chi connectivity index (χ3v) is 8.30. The molecule has 1 aromatic heterocycles. The van der Waals surface area contributed by atoms with E-state index >= 15 is 0 Å². The molecule has 1 saturated heterocycles. The minimum absolute atomic E-state index is 0.0302. The van der Waals surface area contributed by atoms with E-state index in [4.69, 9.17) is 11.1 Å². The van der Waals surface area contributed by atoms with Crippen molar-refractivity contribution in [1.29, 1.82) is 5.41 Å². The molecule has 4 rings (SSSR count). The summed E-state index contributed by atoms with van der Waals surface area (Å²) in [5.41, 5.74) is 6.97. The number of hydrogen-bond acceptors (Lipinski definition) is 5. The van der Waals surface area contributed by atoms with E-state index in [0.717, 1.165) is 15.6 Å². The number of nitrogen functional groups attached to an aromatic ring is 1. The first-order valence-corrected chi connectivity index (χ1v) is 11.3. The Hall–Kier alpha value is -2.75. The number of carbonyl (C=O) groups excluding carboxylic acids is 1. The summed E-state index contributed by atoms with van der Waals surface area (Å²) in [7, 11) is -3.71. The van der Waals surface area contributed by atoms with Crippen LogP contribution in [0.15, 0.2) is 58.8 Å². The number of piperazine rings is 1. The largest absolute Gasteiger partial charge is 0.384 e. The molecule has 2 aromatic carbocycles. The molecule has 29 heavy (non-hydrogen) atoms. The zero-order valence-corrected chi connectivity index (χ0v) is 17.2. The Labute approximate surface area is 172 Å². The molecule has 0 unspecified atom stereocenters. The van der Waals surface area contributed by atoms with Crippen LogP contribution in [-0.2, 0) is 21.4 Å². The summed E-state index contributed by atoms with van der Waals surface area (Å²) < 4.78 is 28.4. The summed E-state index contributed by atoms with van der Waals surface area (Å²) in [6, 6.07) is 16.3. The summed E-state index contributed by atoms with van der Waals surface area (Å²) in [5.74, 6) is -0.272. The molecule has 150 valence electrons. The van der Waals surface area contributed by atoms with Gasteiger partial charge in [-0.2, -0.15) is 4.31 Å². The minimum atomic E-state index is -3.71. The third-order valence-electron chi connectivity index (χ3n) is 4.89. The first-order valence-electron chi connectivity index (χ1n) is 9.04. The molecule has 0 saturated carbocycles. The predicted octanol–water partition coefficient (Wildman–Crippen LogP) is 2.22. The van der Waals surface area contributed by atoms with Gasteiger partial charge in [0.1, 0.15) is 10.0 Å². The van der Waals surface area contributed by atoms with E-state index in [9.17, 15) is 13.2 Å². The van der Waals surface area contributed by atoms with Crippen LogP contribution in [0, 0.1) is 5.41 Å². The van der Waals surface area contributed by atoms with Crippen molar-refractivity contribution in [3.05, 3.63) is 65.7 Å². The van der Waals surface area contributed by atoms with Crippen LogP contribution in [0.25, 0.3) is 10.1 Å². The van der Waals surface area contributed by atoms with Gasteiger partial charge in [-0.1, -0.05) is 36.4 Å². The molecule has 3 aromatic rings. The average molecular weight is 429 g/mol. The number of hydrogen-bond donors (Lipinski definition) is 2. The molecule has 0 spiro atoms. The first-order chi connectivity index (χ1) is 13.8. The lowest BCUT2D eigenvalue weighted by molar-refractivity contribution is -0.134. The molecule has 1 amide bonds. The van der Waals surface area contributed by atoms with Crippen molar-refractivity contribution in [2.75, 3.05) is 19.6 Å². The van der Waals surface area contributed by atoms with Crippen molar-refractivity contribution in [3.63, 3.8) is 0 Å². The van der Waals surface area contributed by atoms with Gasteiger partial charge in [-0.15, -0.1) is 11.3 Å². The van der Waals surface area contributed by atoms with Crippen molar-refractivity contribution < 1.29 is 13.2 Å². The van der Waals surface area contributed by atoms with Crippen molar-refractivity contribution >= 4 is 43.2 Å². The Morgan fingerprint density at radius 1 is 1.10 bits per heavy atom. The van der Waals surface area contributed by atoms with Gasteiger partial charge in [0.2, 0.25) is 5.91 Å². The maximum atomic E-state index is 13.0. The van der Waals surface area contributed by atoms with E-state index in [1.807, 2.05) is 30.3 Å². The molecule has 0 radical (unpaired) electrons. The molecule has 0 bridgehead atoms. The fraction of sp³-hybridized carbons (Fsp3) is 0.200. The maximum Gasteiger partial charge on any atom is 0.253 e. The Balaban J connectivity index is 1.49. The molecule has 2 heterocycles. The number of thiophene rings is 1. The molecular formula is C20H20N4O3S2. The highest BCUT2D eigenvalue weighted by Gasteiger charge is 2.33. The van der Waals surface area contributed by atoms with Crippen molar-refractivity contribution in [3.8, 4) is 0 Å². The van der Waals surface area contributed by atoms with E-state index in [1.165, 1.54) is 15.6 Å². The highest BCUT2D eigenvalue weighted by Crippen LogP contribution is 2.31. The Bertz CT molecular complexity index is 1170. The summed E-state index contributed by atoms with van der Waals surface area (Å²) in [4.78, 5) is 14.3. The number of rotatable bonds is 5. The zero-order valence-electron chi connectivity index (χ0n) is 15.5. The van der Waals surface area contributed by atoms with Crippen LogP contribution in [-0.4, -0.2) is 49.0 Å². The van der Waals surface area contributed by atoms with Crippen LogP contribution in [0.3, 0.4) is 0 Å². The van der Waals surface area contributed by atoms with Crippen LogP contribution < -0.4 is 5.73 Å². The first kappa shape index (κ1) is 19.6. The molecule has 1 aliphatic rings. The number of benzene rings is 2. The van der Waals surface area contributed by atoms with Crippen molar-refractivity contribution in [2.24, 2.45) is 5.73 Å². The summed E-state index contributed by atoms with van der Waals surface area (Å²) in [5, 5.41) is 8.41. The SMILES string of the molecule is N=C(N)c1cccc(CN2CCN(S(=O)(=O)c3cc4ccccc4s3)CC2=O)c1. The topological polar surface area (TPSA) is 108 Å². The van der Waals surface area contributed by atoms with Crippen LogP contribution in [0.2, 0.25) is 0 Å². The fourth-order valence-electron chi connectivity index (χ4n) is 3.33. The van der Waals surface area contributed by atoms with E-state index < -0.39 is 10.0 Å². The number of amidine groups is 1. The Kier molecular flexibility index (Phi) is 5.12. The van der Waals surface area contributed by atoms with E-state index in [0.29, 0.717) is 18.7 Å². The zero-order chi connectivity index (χ0) is 20.6. The quantitative estimate of drug-likeness (QED) is 0.480. The number of fused-ring (bicyclic) bond motifs is 1. The molecule has 1 aliphatic heterocycles. The summed E-state index contributed by atoms with van der Waals surface area (Å²) >= 11 is 1.22. The lowest BCUT2D eigenvalue weighted by Crippen LogP contribution is -2.51. The highest BCUT2D eigenvalue weighted by molar-refractivity contribution is 7.91. The van der Waals surface area contributed by atoms with Gasteiger partial charge in [0.15, 0.2) is 0 Å². The lowest BCUT2D eigenvalue weighted by atomic mass is 10.1. The number of sulfonamides is 1. The van der Waals surface area contributed by atoms with E-state index in [1.54, 1.807) is 29.2 Å². The molecule has 3 N–H and O–H groups in total. The van der Waals surface area contributed by atoms with Gasteiger partial charge in [-0.3, -0.25) is 10.2 Å². The van der Waals surface area contributed by atoms with E-state index in [2.05, 4.69) is 0 Å². The summed E-state index contributed by atoms with van der Waals surface area (Å²) in [6.07, 6.45) is 0. The van der Waals surface area contributed by atoms with Gasteiger partial charge in [-0.05, 0) is 29.1 Å². The highest BCUT2D eigenvalue weighted by atomic mass is 32.2. The minimum Gasteiger partial charge on any atom is -0.384 e. The predicted molar refractivity (Wildman–Crippen MR) is 113 cm³/mol. The number of nitrogens with zero attached hydrogens (tertiary/aromatic N) is 2. The van der Waals surface area contributed by atoms with Crippen molar-refractivity contribution in [2.45, 2.75) is 10.8 Å². The maximum absolute atomic E-state index is 13.0. The van der Waals surface area contributed by atoms with Crippen molar-refractivity contribution in [1.82, 2.24) is 9.21 Å². The smallest absolute Gasteiger partial charge is 0.253 e. The molecule has 1 fully saturated rings. The third kappa shape index (κ3) is 3.89. The van der Waals surface area contributed by atoms with Crippen LogP contribution in [0.5, 0.6) is 0 Å². The van der Waals surface area contributed by atoms with Gasteiger partial charge < -0.3 is 10.6 Å². The lowest BCUT2D eigenvalue weighted by Gasteiger charge is -2.33. The second-order valence-electron chi connectivity index (χ2n) is 6.87. The number of nitrogens with two attached hydrogens (primary N) is 1. The van der Waals surface area contributed by atoms with Gasteiger partial charge >= 0.3 is 0 Å². The molecule has 7 nitrogen and oxygen atoms in total. The second kappa shape index (κ2) is 7.58. The fourth-order valence-corrected chi connectivity index (χ4v) is 6.26. The van der Waals surface area contributed by atoms with Crippen LogP contribution >= 0.6 is 11.3 Å². The van der Waals surface area contributed by atoms with Gasteiger partial charge in [0, 0.05) is 29.9 Å². The summed E-state index contributed by atoms with van der Waals surface area (Å²) in [6.45, 7) is 0.738. The normalized spacial score (nSPS) is 15.7. The average Bonchev–Trinajstić information content (AvgIpc) is 3.15. The number of carbonyl (C=O) groups is 1. The monoisotopic (exact) mass is 428 g/mol. The standard InChI is InChI=1S/C20H20N4O3S2/c21-20(22)16-6-3-4-14(10-16)12-23-8-9-24(13-18(23)25)29(26,27)19-11-15-5-1-2-7-17(15)28-19/h1-7,10-11H,8-9,12-13H2,(H3,21,22). The number of nitrogens with one attached hydrogen (secondary N) is 1. The second-order valence-corrected chi connectivity index (χ2v) is 10.1. The molecule has 0 atom stereocenters. The van der Waals surface area contributed by atoms with E-state index in [-0.39, 0.29) is 29.0 Å². The molecular weight excluding hydrogens is 408 g/mol. The van der Waals surface area contributed by atoms with Crippen LogP contribution in [0.4, 0.5) is 0 Å². The van der Waals surface area contributed by atoms with Gasteiger partial charge in [-0.25, -0.2) is 8.42 Å². The van der Waals surface area contributed by atoms with Crippen LogP contribution in [0.1, 0.15) is 11.1 Å².